The minimum Gasteiger partial charge on any atom is -0.379 e. The Labute approximate surface area is 217 Å². The molecule has 1 aliphatic rings. The van der Waals surface area contributed by atoms with Crippen molar-refractivity contribution in [3.8, 4) is 0 Å². The lowest BCUT2D eigenvalue weighted by atomic mass is 10.2. The van der Waals surface area contributed by atoms with Gasteiger partial charge in [-0.3, -0.25) is 0 Å². The summed E-state index contributed by atoms with van der Waals surface area (Å²) in [6.45, 7) is 13.3. The first-order valence-electron chi connectivity index (χ1n) is 13.4. The summed E-state index contributed by atoms with van der Waals surface area (Å²) in [6.07, 6.45) is 3.21. The van der Waals surface area contributed by atoms with Gasteiger partial charge in [0.2, 0.25) is 0 Å². The molecule has 0 bridgehead atoms. The van der Waals surface area contributed by atoms with E-state index in [-0.39, 0.29) is 6.29 Å². The Morgan fingerprint density at radius 3 is 1.08 bits per heavy atom. The standard InChI is InChI=1S/C25H50O11/c1-2-26-7-8-27-9-10-28-11-12-29-13-14-30-15-16-31-17-18-32-19-20-33-21-22-34-23-24-36-25-5-3-4-6-35-25/h25H,2-24H2,1H3. The molecule has 0 N–H and O–H groups in total. The molecule has 1 heterocycles. The van der Waals surface area contributed by atoms with E-state index in [1.54, 1.807) is 0 Å². The smallest absolute Gasteiger partial charge is 0.157 e. The van der Waals surface area contributed by atoms with Crippen molar-refractivity contribution in [1.82, 2.24) is 0 Å². The zero-order valence-corrected chi connectivity index (χ0v) is 22.3. The van der Waals surface area contributed by atoms with E-state index in [0.717, 1.165) is 19.4 Å². The van der Waals surface area contributed by atoms with Gasteiger partial charge in [0, 0.05) is 13.2 Å². The van der Waals surface area contributed by atoms with Crippen molar-refractivity contribution in [2.24, 2.45) is 0 Å². The topological polar surface area (TPSA) is 102 Å². The van der Waals surface area contributed by atoms with Crippen LogP contribution < -0.4 is 0 Å². The molecule has 0 aromatic rings. The van der Waals surface area contributed by atoms with Crippen molar-refractivity contribution >= 4 is 0 Å². The largest absolute Gasteiger partial charge is 0.379 e. The number of rotatable bonds is 29. The SMILES string of the molecule is CCOCCOCCOCCOCCOCCOCCOCCOCCOCCOC1CCCCO1. The Kier molecular flexibility index (Phi) is 27.2. The van der Waals surface area contributed by atoms with E-state index < -0.39 is 0 Å². The van der Waals surface area contributed by atoms with E-state index in [1.165, 1.54) is 6.42 Å². The molecule has 0 spiro atoms. The highest BCUT2D eigenvalue weighted by molar-refractivity contribution is 4.53. The summed E-state index contributed by atoms with van der Waals surface area (Å²) in [4.78, 5) is 0. The average molecular weight is 527 g/mol. The summed E-state index contributed by atoms with van der Waals surface area (Å²) < 4.78 is 59.8. The fourth-order valence-corrected chi connectivity index (χ4v) is 2.98. The van der Waals surface area contributed by atoms with Crippen molar-refractivity contribution in [2.75, 3.05) is 132 Å². The Balaban J connectivity index is 1.61. The van der Waals surface area contributed by atoms with Crippen molar-refractivity contribution in [3.05, 3.63) is 0 Å². The lowest BCUT2D eigenvalue weighted by molar-refractivity contribution is -0.169. The molecule has 0 amide bonds. The first-order valence-corrected chi connectivity index (χ1v) is 13.4. The fourth-order valence-electron chi connectivity index (χ4n) is 2.98. The molecule has 0 aromatic carbocycles. The van der Waals surface area contributed by atoms with E-state index in [9.17, 15) is 0 Å². The molecule has 1 fully saturated rings. The molecule has 11 heteroatoms. The van der Waals surface area contributed by atoms with Gasteiger partial charge in [0.15, 0.2) is 6.29 Å². The molecule has 1 rings (SSSR count). The van der Waals surface area contributed by atoms with Crippen LogP contribution in [0, 0.1) is 0 Å². The highest BCUT2D eigenvalue weighted by Crippen LogP contribution is 2.13. The van der Waals surface area contributed by atoms with Gasteiger partial charge >= 0.3 is 0 Å². The summed E-state index contributed by atoms with van der Waals surface area (Å²) in [7, 11) is 0. The molecule has 0 aromatic heterocycles. The zero-order valence-electron chi connectivity index (χ0n) is 22.3. The summed E-state index contributed by atoms with van der Waals surface area (Å²) in [5.74, 6) is 0. The van der Waals surface area contributed by atoms with Crippen LogP contribution >= 0.6 is 0 Å². The Hall–Kier alpha value is -0.440. The minimum atomic E-state index is -0.0592. The van der Waals surface area contributed by atoms with Crippen LogP contribution in [0.5, 0.6) is 0 Å². The van der Waals surface area contributed by atoms with E-state index >= 15 is 0 Å². The molecule has 0 radical (unpaired) electrons. The first kappa shape index (κ1) is 33.6. The third kappa shape index (κ3) is 25.2. The van der Waals surface area contributed by atoms with Crippen molar-refractivity contribution in [1.29, 1.82) is 0 Å². The molecule has 0 aliphatic carbocycles. The second-order valence-electron chi connectivity index (χ2n) is 7.76. The third-order valence-electron chi connectivity index (χ3n) is 4.85. The molecule has 1 unspecified atom stereocenters. The predicted molar refractivity (Wildman–Crippen MR) is 133 cm³/mol. The quantitative estimate of drug-likeness (QED) is 0.133. The van der Waals surface area contributed by atoms with Gasteiger partial charge in [0.1, 0.15) is 0 Å². The monoisotopic (exact) mass is 526 g/mol. The highest BCUT2D eigenvalue weighted by atomic mass is 16.7. The lowest BCUT2D eigenvalue weighted by Crippen LogP contribution is -2.24. The maximum absolute atomic E-state index is 5.60. The molecule has 0 saturated carbocycles. The van der Waals surface area contributed by atoms with Crippen LogP contribution in [0.1, 0.15) is 26.2 Å². The van der Waals surface area contributed by atoms with Gasteiger partial charge in [-0.25, -0.2) is 0 Å². The van der Waals surface area contributed by atoms with E-state index in [1.807, 2.05) is 6.92 Å². The van der Waals surface area contributed by atoms with Crippen LogP contribution in [-0.4, -0.2) is 138 Å². The summed E-state index contributed by atoms with van der Waals surface area (Å²) in [5, 5.41) is 0. The van der Waals surface area contributed by atoms with Crippen molar-refractivity contribution in [2.45, 2.75) is 32.5 Å². The zero-order chi connectivity index (χ0) is 25.6. The van der Waals surface area contributed by atoms with E-state index in [4.69, 9.17) is 52.1 Å². The van der Waals surface area contributed by atoms with Crippen LogP contribution in [0.25, 0.3) is 0 Å². The highest BCUT2D eigenvalue weighted by Gasteiger charge is 2.13. The average Bonchev–Trinajstić information content (AvgIpc) is 2.91. The maximum Gasteiger partial charge on any atom is 0.157 e. The van der Waals surface area contributed by atoms with Gasteiger partial charge in [-0.2, -0.15) is 0 Å². The van der Waals surface area contributed by atoms with Gasteiger partial charge in [0.25, 0.3) is 0 Å². The fraction of sp³-hybridized carbons (Fsp3) is 1.00. The Morgan fingerprint density at radius 2 is 0.778 bits per heavy atom. The number of hydrogen-bond donors (Lipinski definition) is 0. The first-order chi connectivity index (χ1) is 17.9. The van der Waals surface area contributed by atoms with Crippen LogP contribution in [0.3, 0.4) is 0 Å². The molecule has 1 saturated heterocycles. The van der Waals surface area contributed by atoms with Gasteiger partial charge in [-0.1, -0.05) is 0 Å². The van der Waals surface area contributed by atoms with Crippen molar-refractivity contribution < 1.29 is 52.1 Å². The van der Waals surface area contributed by atoms with Gasteiger partial charge in [-0.05, 0) is 26.2 Å². The normalized spacial score (nSPS) is 16.1. The Morgan fingerprint density at radius 1 is 0.444 bits per heavy atom. The number of ether oxygens (including phenoxy) is 11. The van der Waals surface area contributed by atoms with Gasteiger partial charge < -0.3 is 52.1 Å². The molecular weight excluding hydrogens is 476 g/mol. The third-order valence-corrected chi connectivity index (χ3v) is 4.85. The van der Waals surface area contributed by atoms with Crippen LogP contribution in [0.2, 0.25) is 0 Å². The van der Waals surface area contributed by atoms with Gasteiger partial charge in [0.05, 0.1) is 119 Å². The van der Waals surface area contributed by atoms with Crippen molar-refractivity contribution in [3.63, 3.8) is 0 Å². The van der Waals surface area contributed by atoms with E-state index in [0.29, 0.717) is 126 Å². The summed E-state index contributed by atoms with van der Waals surface area (Å²) in [6, 6.07) is 0. The summed E-state index contributed by atoms with van der Waals surface area (Å²) in [5.41, 5.74) is 0. The van der Waals surface area contributed by atoms with E-state index in [2.05, 4.69) is 0 Å². The van der Waals surface area contributed by atoms with Crippen LogP contribution in [-0.2, 0) is 52.1 Å². The van der Waals surface area contributed by atoms with Crippen LogP contribution in [0.4, 0.5) is 0 Å². The molecule has 36 heavy (non-hydrogen) atoms. The summed E-state index contributed by atoms with van der Waals surface area (Å²) >= 11 is 0. The van der Waals surface area contributed by atoms with Gasteiger partial charge in [-0.15, -0.1) is 0 Å². The molecule has 216 valence electrons. The van der Waals surface area contributed by atoms with Crippen LogP contribution in [0.15, 0.2) is 0 Å². The molecule has 11 nitrogen and oxygen atoms in total. The Bertz CT molecular complexity index is 411. The minimum absolute atomic E-state index is 0.0592. The lowest BCUT2D eigenvalue weighted by Gasteiger charge is -2.22. The predicted octanol–water partition coefficient (Wildman–Crippen LogP) is 1.70. The maximum atomic E-state index is 5.60. The second-order valence-corrected chi connectivity index (χ2v) is 7.76. The molecular formula is C25H50O11. The second kappa shape index (κ2) is 29.1. The molecule has 1 atom stereocenters. The molecule has 1 aliphatic heterocycles. The number of hydrogen-bond acceptors (Lipinski definition) is 11.